The molecule has 2 aromatic heterocycles. The lowest BCUT2D eigenvalue weighted by Crippen LogP contribution is -2.47. The fourth-order valence-corrected chi connectivity index (χ4v) is 6.22. The number of anilines is 2. The van der Waals surface area contributed by atoms with Crippen LogP contribution in [0.2, 0.25) is 0 Å². The number of nitrogens with one attached hydrogen (secondary N) is 1. The van der Waals surface area contributed by atoms with Gasteiger partial charge in [-0.1, -0.05) is 6.07 Å². The third-order valence-corrected chi connectivity index (χ3v) is 7.96. The van der Waals surface area contributed by atoms with Crippen molar-refractivity contribution < 1.29 is 14.6 Å². The quantitative estimate of drug-likeness (QED) is 0.573. The largest absolute Gasteiger partial charge is 0.454 e. The highest BCUT2D eigenvalue weighted by Crippen LogP contribution is 2.40. The monoisotopic (exact) mass is 467 g/mol. The number of aliphatic hydroxyl groups is 1. The number of nitrogens with zero attached hydrogens (tertiary/aromatic N) is 4. The molecule has 0 amide bonds. The molecule has 0 saturated carbocycles. The van der Waals surface area contributed by atoms with Crippen molar-refractivity contribution in [3.05, 3.63) is 34.2 Å². The van der Waals surface area contributed by atoms with Gasteiger partial charge in [0.2, 0.25) is 12.7 Å². The Morgan fingerprint density at radius 2 is 1.88 bits per heavy atom. The minimum atomic E-state index is 0.205. The van der Waals surface area contributed by atoms with E-state index in [1.54, 1.807) is 0 Å². The fourth-order valence-electron chi connectivity index (χ4n) is 4.97. The number of hydrogen-bond donors (Lipinski definition) is 2. The normalized spacial score (nSPS) is 18.0. The first-order valence-corrected chi connectivity index (χ1v) is 12.6. The van der Waals surface area contributed by atoms with Crippen molar-refractivity contribution in [3.8, 4) is 11.5 Å². The maximum Gasteiger partial charge on any atom is 0.231 e. The number of rotatable bonds is 6. The summed E-state index contributed by atoms with van der Waals surface area (Å²) in [5.41, 5.74) is 2.57. The number of piperazine rings is 1. The van der Waals surface area contributed by atoms with E-state index in [-0.39, 0.29) is 13.4 Å². The lowest BCUT2D eigenvalue weighted by Gasteiger charge is -2.34. The van der Waals surface area contributed by atoms with Crippen molar-refractivity contribution in [2.24, 2.45) is 0 Å². The first-order chi connectivity index (χ1) is 16.3. The second-order valence-electron chi connectivity index (χ2n) is 8.86. The number of aliphatic hydroxyl groups excluding tert-OH is 1. The van der Waals surface area contributed by atoms with Crippen molar-refractivity contribution in [2.45, 2.75) is 32.2 Å². The van der Waals surface area contributed by atoms with Crippen molar-refractivity contribution in [3.63, 3.8) is 0 Å². The summed E-state index contributed by atoms with van der Waals surface area (Å²) in [4.78, 5) is 17.2. The molecule has 0 radical (unpaired) electrons. The SMILES string of the molecule is OCCN1CCN(c2nc(NCc3ccc4c(c3)OCO4)c3c4c(sc3n2)CCCC4)CC1. The summed E-state index contributed by atoms with van der Waals surface area (Å²) in [6, 6.07) is 6.08. The van der Waals surface area contributed by atoms with Crippen molar-refractivity contribution in [1.29, 1.82) is 0 Å². The van der Waals surface area contributed by atoms with E-state index in [2.05, 4.69) is 21.2 Å². The molecule has 6 rings (SSSR count). The number of thiophene rings is 1. The Morgan fingerprint density at radius 1 is 1.03 bits per heavy atom. The van der Waals surface area contributed by atoms with Gasteiger partial charge >= 0.3 is 0 Å². The number of fused-ring (bicyclic) bond motifs is 4. The molecular formula is C24H29N5O3S. The van der Waals surface area contributed by atoms with E-state index in [0.717, 1.165) is 79.2 Å². The average Bonchev–Trinajstić information content (AvgIpc) is 3.47. The summed E-state index contributed by atoms with van der Waals surface area (Å²) in [7, 11) is 0. The third-order valence-electron chi connectivity index (χ3n) is 6.77. The van der Waals surface area contributed by atoms with Gasteiger partial charge in [0.1, 0.15) is 10.6 Å². The van der Waals surface area contributed by atoms with Gasteiger partial charge in [-0.2, -0.15) is 4.98 Å². The maximum absolute atomic E-state index is 9.24. The molecule has 1 aliphatic carbocycles. The molecule has 1 fully saturated rings. The van der Waals surface area contributed by atoms with E-state index in [0.29, 0.717) is 6.54 Å². The van der Waals surface area contributed by atoms with E-state index in [9.17, 15) is 5.11 Å². The van der Waals surface area contributed by atoms with Gasteiger partial charge in [0.15, 0.2) is 11.5 Å². The Hall–Kier alpha value is -2.62. The summed E-state index contributed by atoms with van der Waals surface area (Å²) in [5, 5.41) is 14.1. The van der Waals surface area contributed by atoms with Gasteiger partial charge in [0, 0.05) is 44.1 Å². The Balaban J connectivity index is 1.30. The Kier molecular flexibility index (Phi) is 5.69. The topological polar surface area (TPSA) is 83.0 Å². The zero-order valence-corrected chi connectivity index (χ0v) is 19.5. The second kappa shape index (κ2) is 8.96. The van der Waals surface area contributed by atoms with Crippen molar-refractivity contribution in [1.82, 2.24) is 14.9 Å². The van der Waals surface area contributed by atoms with Gasteiger partial charge < -0.3 is 24.8 Å². The lowest BCUT2D eigenvalue weighted by atomic mass is 9.97. The average molecular weight is 468 g/mol. The molecule has 0 bridgehead atoms. The van der Waals surface area contributed by atoms with Crippen LogP contribution >= 0.6 is 11.3 Å². The van der Waals surface area contributed by atoms with Crippen LogP contribution in [-0.2, 0) is 19.4 Å². The predicted octanol–water partition coefficient (Wildman–Crippen LogP) is 3.03. The van der Waals surface area contributed by atoms with Crippen LogP contribution in [0, 0.1) is 0 Å². The maximum atomic E-state index is 9.24. The third kappa shape index (κ3) is 4.09. The molecule has 3 aliphatic rings. The molecule has 2 N–H and O–H groups in total. The number of aryl methyl sites for hydroxylation is 2. The summed E-state index contributed by atoms with van der Waals surface area (Å²) in [6.07, 6.45) is 4.74. The molecule has 174 valence electrons. The van der Waals surface area contributed by atoms with Gasteiger partial charge in [-0.05, 0) is 48.9 Å². The van der Waals surface area contributed by atoms with E-state index >= 15 is 0 Å². The van der Waals surface area contributed by atoms with Crippen LogP contribution in [0.25, 0.3) is 10.2 Å². The summed E-state index contributed by atoms with van der Waals surface area (Å²) >= 11 is 1.84. The molecule has 9 heteroatoms. The Morgan fingerprint density at radius 3 is 2.76 bits per heavy atom. The van der Waals surface area contributed by atoms with E-state index in [1.165, 1.54) is 28.7 Å². The molecule has 4 heterocycles. The first kappa shape index (κ1) is 20.9. The minimum absolute atomic E-state index is 0.205. The number of β-amino-alcohol motifs (C(OH)–C–C–N with tert-alkyl or cyclic N) is 1. The molecule has 8 nitrogen and oxygen atoms in total. The molecule has 33 heavy (non-hydrogen) atoms. The van der Waals surface area contributed by atoms with Gasteiger partial charge in [-0.15, -0.1) is 11.3 Å². The fraction of sp³-hybridized carbons (Fsp3) is 0.500. The van der Waals surface area contributed by atoms with Crippen LogP contribution in [0.4, 0.5) is 11.8 Å². The van der Waals surface area contributed by atoms with Crippen LogP contribution in [0.15, 0.2) is 18.2 Å². The molecule has 0 unspecified atom stereocenters. The van der Waals surface area contributed by atoms with Crippen LogP contribution in [0.3, 0.4) is 0 Å². The van der Waals surface area contributed by atoms with E-state index in [1.807, 2.05) is 23.5 Å². The molecule has 1 saturated heterocycles. The molecule has 3 aromatic rings. The van der Waals surface area contributed by atoms with Gasteiger partial charge in [0.05, 0.1) is 12.0 Å². The predicted molar refractivity (Wildman–Crippen MR) is 130 cm³/mol. The molecule has 1 aromatic carbocycles. The van der Waals surface area contributed by atoms with Crippen LogP contribution in [-0.4, -0.2) is 66.1 Å². The summed E-state index contributed by atoms with van der Waals surface area (Å²) < 4.78 is 11.0. The van der Waals surface area contributed by atoms with Crippen molar-refractivity contribution >= 4 is 33.3 Å². The standard InChI is InChI=1S/C24H29N5O3S/c30-12-11-28-7-9-29(10-8-28)24-26-22(21-17-3-1-2-4-20(17)33-23(21)27-24)25-14-16-5-6-18-19(13-16)32-15-31-18/h5-6,13,30H,1-4,7-12,14-15H2,(H,25,26,27). The molecular weight excluding hydrogens is 438 g/mol. The zero-order valence-electron chi connectivity index (χ0n) is 18.7. The summed E-state index contributed by atoms with van der Waals surface area (Å²) in [5.74, 6) is 3.34. The summed E-state index contributed by atoms with van der Waals surface area (Å²) in [6.45, 7) is 5.47. The Labute approximate surface area is 197 Å². The lowest BCUT2D eigenvalue weighted by molar-refractivity contribution is 0.174. The minimum Gasteiger partial charge on any atom is -0.454 e. The van der Waals surface area contributed by atoms with E-state index in [4.69, 9.17) is 19.4 Å². The highest BCUT2D eigenvalue weighted by molar-refractivity contribution is 7.19. The molecule has 2 aliphatic heterocycles. The van der Waals surface area contributed by atoms with Crippen molar-refractivity contribution in [2.75, 3.05) is 56.3 Å². The zero-order chi connectivity index (χ0) is 22.2. The van der Waals surface area contributed by atoms with Crippen LogP contribution < -0.4 is 19.7 Å². The number of aromatic nitrogens is 2. The highest BCUT2D eigenvalue weighted by atomic mass is 32.1. The van der Waals surface area contributed by atoms with Gasteiger partial charge in [0.25, 0.3) is 0 Å². The Bertz CT molecular complexity index is 1160. The smallest absolute Gasteiger partial charge is 0.231 e. The number of hydrogen-bond acceptors (Lipinski definition) is 9. The highest BCUT2D eigenvalue weighted by Gasteiger charge is 2.24. The molecule has 0 atom stereocenters. The van der Waals surface area contributed by atoms with Gasteiger partial charge in [-0.25, -0.2) is 4.98 Å². The molecule has 0 spiro atoms. The number of ether oxygens (including phenoxy) is 2. The second-order valence-corrected chi connectivity index (χ2v) is 9.94. The number of benzene rings is 1. The first-order valence-electron chi connectivity index (χ1n) is 11.8. The van der Waals surface area contributed by atoms with Gasteiger partial charge in [-0.3, -0.25) is 4.90 Å². The van der Waals surface area contributed by atoms with E-state index < -0.39 is 0 Å². The van der Waals surface area contributed by atoms with Crippen LogP contribution in [0.1, 0.15) is 28.8 Å². The van der Waals surface area contributed by atoms with Crippen LogP contribution in [0.5, 0.6) is 11.5 Å².